The van der Waals surface area contributed by atoms with E-state index < -0.39 is 5.97 Å². The zero-order valence-electron chi connectivity index (χ0n) is 36.1. The molecular formula is C56H46F2N2O4. The van der Waals surface area contributed by atoms with Gasteiger partial charge in [0.25, 0.3) is 0 Å². The second-order valence-corrected chi connectivity index (χ2v) is 15.9. The summed E-state index contributed by atoms with van der Waals surface area (Å²) in [6.07, 6.45) is 0. The van der Waals surface area contributed by atoms with Gasteiger partial charge in [-0.1, -0.05) is 109 Å². The van der Waals surface area contributed by atoms with Crippen molar-refractivity contribution in [3.8, 4) is 33.8 Å². The van der Waals surface area contributed by atoms with Gasteiger partial charge in [0.1, 0.15) is 23.1 Å². The summed E-state index contributed by atoms with van der Waals surface area (Å²) in [5.41, 5.74) is 11.0. The molecule has 2 aromatic heterocycles. The lowest BCUT2D eigenvalue weighted by molar-refractivity contribution is -0.142. The van der Waals surface area contributed by atoms with Crippen molar-refractivity contribution in [2.75, 3.05) is 20.8 Å². The van der Waals surface area contributed by atoms with Crippen LogP contribution in [0.4, 0.5) is 8.78 Å². The fraction of sp³-hybridized carbons (Fsp3) is 0.125. The monoisotopic (exact) mass is 848 g/mol. The number of carbonyl (C=O) groups is 1. The van der Waals surface area contributed by atoms with Gasteiger partial charge in [0.05, 0.1) is 25.3 Å². The van der Waals surface area contributed by atoms with E-state index in [2.05, 4.69) is 108 Å². The number of aryl methyl sites for hydroxylation is 2. The number of hydrogen-bond donors (Lipinski definition) is 0. The normalized spacial score (nSPS) is 11.2. The van der Waals surface area contributed by atoms with Gasteiger partial charge in [0.2, 0.25) is 0 Å². The standard InChI is InChI=1S/C29H24FNO3.C27H22FNO/c1-19-14-26-27(34-18-28(32)33-2)16-23-7-3-4-9-25(23)29(26)31(19)17-20-6-5-8-22(15-20)21-10-12-24(30)13-11-21;1-18-14-25-26(30-2)16-22-7-3-4-9-24(22)27(25)29(18)17-19-6-5-8-21(15-19)20-10-12-23(28)13-11-20/h3-16H,17-18H2,1-2H3;3-16H,17H2,1-2H3. The van der Waals surface area contributed by atoms with Crippen molar-refractivity contribution in [3.63, 3.8) is 0 Å². The fourth-order valence-corrected chi connectivity index (χ4v) is 8.67. The molecule has 0 atom stereocenters. The Morgan fingerprint density at radius 2 is 0.938 bits per heavy atom. The third-order valence-corrected chi connectivity index (χ3v) is 11.8. The lowest BCUT2D eigenvalue weighted by Crippen LogP contribution is -2.12. The molecule has 8 aromatic carbocycles. The van der Waals surface area contributed by atoms with E-state index >= 15 is 0 Å². The zero-order chi connectivity index (χ0) is 44.3. The SMILES string of the molecule is COC(=O)COc1cc2ccccc2c2c1cc(C)n2Cc1cccc(-c2ccc(F)cc2)c1.COc1cc2ccccc2c2c1cc(C)n2Cc1cccc(-c2ccc(F)cc2)c1. The summed E-state index contributed by atoms with van der Waals surface area (Å²) in [5.74, 6) is 0.665. The molecular weight excluding hydrogens is 803 g/mol. The first-order chi connectivity index (χ1) is 31.2. The maximum atomic E-state index is 13.4. The first kappa shape index (κ1) is 41.6. The van der Waals surface area contributed by atoms with Gasteiger partial charge in [-0.3, -0.25) is 0 Å². The maximum absolute atomic E-state index is 13.4. The topological polar surface area (TPSA) is 54.6 Å². The van der Waals surface area contributed by atoms with Crippen LogP contribution in [0.25, 0.3) is 65.6 Å². The summed E-state index contributed by atoms with van der Waals surface area (Å²) in [6, 6.07) is 54.9. The van der Waals surface area contributed by atoms with Crippen molar-refractivity contribution < 1.29 is 27.8 Å². The number of rotatable bonds is 10. The van der Waals surface area contributed by atoms with Gasteiger partial charge in [-0.2, -0.15) is 0 Å². The van der Waals surface area contributed by atoms with Gasteiger partial charge >= 0.3 is 5.97 Å². The Hall–Kier alpha value is -7.71. The Morgan fingerprint density at radius 3 is 1.41 bits per heavy atom. The number of methoxy groups -OCH3 is 2. The summed E-state index contributed by atoms with van der Waals surface area (Å²) >= 11 is 0. The van der Waals surface area contributed by atoms with Crippen molar-refractivity contribution in [3.05, 3.63) is 204 Å². The largest absolute Gasteiger partial charge is 0.496 e. The molecule has 10 aromatic rings. The van der Waals surface area contributed by atoms with Gasteiger partial charge in [-0.25, -0.2) is 13.6 Å². The highest BCUT2D eigenvalue weighted by Crippen LogP contribution is 2.38. The molecule has 0 bridgehead atoms. The molecule has 0 amide bonds. The van der Waals surface area contributed by atoms with Gasteiger partial charge in [-0.15, -0.1) is 0 Å². The minimum absolute atomic E-state index is 0.145. The Bertz CT molecular complexity index is 3310. The molecule has 0 spiro atoms. The van der Waals surface area contributed by atoms with E-state index in [9.17, 15) is 13.6 Å². The van der Waals surface area contributed by atoms with Crippen molar-refractivity contribution in [2.24, 2.45) is 0 Å². The third-order valence-electron chi connectivity index (χ3n) is 11.8. The van der Waals surface area contributed by atoms with Crippen molar-refractivity contribution in [1.82, 2.24) is 9.13 Å². The molecule has 0 fully saturated rings. The Balaban J connectivity index is 0.000000163. The fourth-order valence-electron chi connectivity index (χ4n) is 8.67. The molecule has 0 saturated heterocycles. The number of carbonyl (C=O) groups excluding carboxylic acids is 1. The summed E-state index contributed by atoms with van der Waals surface area (Å²) < 4.78 is 47.6. The molecule has 2 heterocycles. The number of fused-ring (bicyclic) bond motifs is 6. The minimum atomic E-state index is -0.421. The van der Waals surface area contributed by atoms with Gasteiger partial charge in [-0.05, 0) is 119 Å². The number of benzene rings is 8. The van der Waals surface area contributed by atoms with Crippen molar-refractivity contribution in [1.29, 1.82) is 0 Å². The molecule has 6 nitrogen and oxygen atoms in total. The van der Waals surface area contributed by atoms with Gasteiger partial charge in [0, 0.05) is 46.0 Å². The number of halogens is 2. The van der Waals surface area contributed by atoms with Crippen LogP contribution in [-0.4, -0.2) is 35.9 Å². The van der Waals surface area contributed by atoms with Crippen LogP contribution in [0.1, 0.15) is 22.5 Å². The van der Waals surface area contributed by atoms with Gasteiger partial charge in [0.15, 0.2) is 6.61 Å². The van der Waals surface area contributed by atoms with Crippen molar-refractivity contribution in [2.45, 2.75) is 26.9 Å². The average Bonchev–Trinajstić information content (AvgIpc) is 3.83. The predicted molar refractivity (Wildman–Crippen MR) is 254 cm³/mol. The molecule has 8 heteroatoms. The highest BCUT2D eigenvalue weighted by molar-refractivity contribution is 6.10. The average molecular weight is 849 g/mol. The van der Waals surface area contributed by atoms with Crippen molar-refractivity contribution >= 4 is 49.3 Å². The highest BCUT2D eigenvalue weighted by Gasteiger charge is 2.18. The molecule has 10 rings (SSSR count). The maximum Gasteiger partial charge on any atom is 0.343 e. The quantitative estimate of drug-likeness (QED) is 0.129. The molecule has 0 aliphatic rings. The first-order valence-electron chi connectivity index (χ1n) is 21.1. The minimum Gasteiger partial charge on any atom is -0.496 e. The van der Waals surface area contributed by atoms with E-state index in [-0.39, 0.29) is 18.2 Å². The molecule has 318 valence electrons. The summed E-state index contributed by atoms with van der Waals surface area (Å²) in [4.78, 5) is 11.7. The van der Waals surface area contributed by atoms with Crippen LogP contribution < -0.4 is 9.47 Å². The predicted octanol–water partition coefficient (Wildman–Crippen LogP) is 13.5. The smallest absolute Gasteiger partial charge is 0.343 e. The Labute approximate surface area is 370 Å². The first-order valence-corrected chi connectivity index (χ1v) is 21.1. The molecule has 0 aliphatic carbocycles. The molecule has 0 radical (unpaired) electrons. The Morgan fingerprint density at radius 1 is 0.484 bits per heavy atom. The van der Waals surface area contributed by atoms with Crippen LogP contribution >= 0.6 is 0 Å². The van der Waals surface area contributed by atoms with Crippen LogP contribution in [-0.2, 0) is 22.6 Å². The summed E-state index contributed by atoms with van der Waals surface area (Å²) in [6.45, 7) is 5.48. The molecule has 0 saturated carbocycles. The van der Waals surface area contributed by atoms with E-state index in [0.29, 0.717) is 12.3 Å². The number of ether oxygens (including phenoxy) is 3. The second-order valence-electron chi connectivity index (χ2n) is 15.9. The summed E-state index contributed by atoms with van der Waals surface area (Å²) in [5, 5.41) is 6.62. The highest BCUT2D eigenvalue weighted by atomic mass is 19.1. The van der Waals surface area contributed by atoms with E-state index in [1.54, 1.807) is 19.2 Å². The lowest BCUT2D eigenvalue weighted by Gasteiger charge is -2.14. The third kappa shape index (κ3) is 8.42. The van der Waals surface area contributed by atoms with Crippen LogP contribution in [0, 0.1) is 25.5 Å². The van der Waals surface area contributed by atoms with E-state index in [4.69, 9.17) is 14.2 Å². The van der Waals surface area contributed by atoms with Crippen LogP contribution in [0.15, 0.2) is 170 Å². The lowest BCUT2D eigenvalue weighted by atomic mass is 10.0. The molecule has 0 unspecified atom stereocenters. The zero-order valence-corrected chi connectivity index (χ0v) is 36.1. The van der Waals surface area contributed by atoms with Crippen LogP contribution in [0.3, 0.4) is 0 Å². The number of nitrogens with zero attached hydrogens (tertiary/aromatic N) is 2. The van der Waals surface area contributed by atoms with E-state index in [1.165, 1.54) is 58.9 Å². The van der Waals surface area contributed by atoms with E-state index in [1.807, 2.05) is 48.5 Å². The number of hydrogen-bond acceptors (Lipinski definition) is 4. The molecule has 0 aliphatic heterocycles. The van der Waals surface area contributed by atoms with Crippen LogP contribution in [0.2, 0.25) is 0 Å². The van der Waals surface area contributed by atoms with Gasteiger partial charge < -0.3 is 23.3 Å². The molecule has 64 heavy (non-hydrogen) atoms. The number of esters is 1. The van der Waals surface area contributed by atoms with E-state index in [0.717, 1.165) is 72.9 Å². The Kier molecular flexibility index (Phi) is 11.7. The number of aromatic nitrogens is 2. The second kappa shape index (κ2) is 17.9. The molecule has 0 N–H and O–H groups in total. The van der Waals surface area contributed by atoms with Crippen LogP contribution in [0.5, 0.6) is 11.5 Å². The summed E-state index contributed by atoms with van der Waals surface area (Å²) in [7, 11) is 3.07.